The molecule has 4 rings (SSSR count). The van der Waals surface area contributed by atoms with Gasteiger partial charge in [0.25, 0.3) is 5.91 Å². The summed E-state index contributed by atoms with van der Waals surface area (Å²) in [5.74, 6) is -0.115. The van der Waals surface area contributed by atoms with Crippen LogP contribution in [-0.2, 0) is 9.47 Å². The van der Waals surface area contributed by atoms with Crippen LogP contribution in [-0.4, -0.2) is 46.6 Å². The number of aliphatic hydroxyl groups is 1. The lowest BCUT2D eigenvalue weighted by Crippen LogP contribution is -2.71. The van der Waals surface area contributed by atoms with Gasteiger partial charge in [-0.3, -0.25) is 4.79 Å². The van der Waals surface area contributed by atoms with Gasteiger partial charge in [-0.15, -0.1) is 0 Å². The van der Waals surface area contributed by atoms with E-state index in [1.165, 1.54) is 0 Å². The summed E-state index contributed by atoms with van der Waals surface area (Å²) in [5, 5.41) is 13.4. The van der Waals surface area contributed by atoms with E-state index in [-0.39, 0.29) is 24.2 Å². The molecule has 3 heterocycles. The van der Waals surface area contributed by atoms with Crippen LogP contribution in [0, 0.1) is 0 Å². The predicted molar refractivity (Wildman–Crippen MR) is 74.9 cm³/mol. The van der Waals surface area contributed by atoms with Crippen LogP contribution in [0.5, 0.6) is 0 Å². The molecule has 5 heteroatoms. The molecule has 0 aliphatic carbocycles. The molecular formula is C16H19NO4. The Balaban J connectivity index is 1.57. The highest BCUT2D eigenvalue weighted by Crippen LogP contribution is 2.57. The topological polar surface area (TPSA) is 67.8 Å². The van der Waals surface area contributed by atoms with Gasteiger partial charge in [0.05, 0.1) is 11.6 Å². The lowest BCUT2D eigenvalue weighted by Gasteiger charge is -2.54. The number of nitrogens with one attached hydrogen (secondary N) is 1. The van der Waals surface area contributed by atoms with Crippen LogP contribution in [0.4, 0.5) is 0 Å². The molecule has 0 radical (unpaired) electrons. The van der Waals surface area contributed by atoms with Crippen LogP contribution in [0.1, 0.15) is 30.6 Å². The molecule has 21 heavy (non-hydrogen) atoms. The van der Waals surface area contributed by atoms with Crippen LogP contribution in [0.3, 0.4) is 0 Å². The number of aliphatic hydroxyl groups excluding tert-OH is 1. The van der Waals surface area contributed by atoms with Crippen molar-refractivity contribution in [1.29, 1.82) is 0 Å². The Bertz CT molecular complexity index is 583. The van der Waals surface area contributed by atoms with Gasteiger partial charge >= 0.3 is 0 Å². The maximum Gasteiger partial charge on any atom is 0.251 e. The third kappa shape index (κ3) is 1.65. The van der Waals surface area contributed by atoms with Gasteiger partial charge in [-0.25, -0.2) is 0 Å². The second-order valence-corrected chi connectivity index (χ2v) is 6.67. The SMILES string of the molecule is CC12OC3(C)C[C@@H](NC(=O)c4ccccc4)C1OC2[C@H]3O. The minimum Gasteiger partial charge on any atom is -0.387 e. The molecule has 5 nitrogen and oxygen atoms in total. The Hall–Kier alpha value is -1.43. The van der Waals surface area contributed by atoms with E-state index in [4.69, 9.17) is 9.47 Å². The van der Waals surface area contributed by atoms with Crippen molar-refractivity contribution in [3.63, 3.8) is 0 Å². The van der Waals surface area contributed by atoms with Crippen LogP contribution in [0.25, 0.3) is 0 Å². The highest BCUT2D eigenvalue weighted by molar-refractivity contribution is 5.94. The smallest absolute Gasteiger partial charge is 0.251 e. The molecule has 3 aliphatic heterocycles. The van der Waals surface area contributed by atoms with Crippen molar-refractivity contribution in [3.05, 3.63) is 35.9 Å². The molecule has 3 aliphatic rings. The molecule has 1 aromatic rings. The molecule has 112 valence electrons. The minimum absolute atomic E-state index is 0.115. The third-order valence-electron chi connectivity index (χ3n) is 5.13. The first-order chi connectivity index (χ1) is 9.94. The molecule has 1 amide bonds. The lowest BCUT2D eigenvalue weighted by atomic mass is 9.82. The number of benzene rings is 1. The number of carbonyl (C=O) groups excluding carboxylic acids is 1. The summed E-state index contributed by atoms with van der Waals surface area (Å²) in [7, 11) is 0. The summed E-state index contributed by atoms with van der Waals surface area (Å²) in [4.78, 5) is 12.3. The number of amides is 1. The van der Waals surface area contributed by atoms with E-state index in [9.17, 15) is 9.90 Å². The summed E-state index contributed by atoms with van der Waals surface area (Å²) in [6.45, 7) is 3.85. The zero-order chi connectivity index (χ0) is 14.8. The fraction of sp³-hybridized carbons (Fsp3) is 0.562. The van der Waals surface area contributed by atoms with Crippen LogP contribution >= 0.6 is 0 Å². The molecule has 1 aromatic carbocycles. The number of fused-ring (bicyclic) bond motifs is 1. The van der Waals surface area contributed by atoms with E-state index < -0.39 is 17.3 Å². The van der Waals surface area contributed by atoms with Gasteiger partial charge in [-0.2, -0.15) is 0 Å². The Morgan fingerprint density at radius 2 is 2.00 bits per heavy atom. The van der Waals surface area contributed by atoms with Crippen LogP contribution in [0.15, 0.2) is 30.3 Å². The highest BCUT2D eigenvalue weighted by Gasteiger charge is 2.74. The summed E-state index contributed by atoms with van der Waals surface area (Å²) in [6, 6.07) is 8.98. The molecule has 0 aromatic heterocycles. The Labute approximate surface area is 123 Å². The lowest BCUT2D eigenvalue weighted by molar-refractivity contribution is -0.304. The predicted octanol–water partition coefficient (Wildman–Crippen LogP) is 0.865. The van der Waals surface area contributed by atoms with Crippen LogP contribution < -0.4 is 5.32 Å². The molecular weight excluding hydrogens is 270 g/mol. The van der Waals surface area contributed by atoms with Gasteiger partial charge in [0.1, 0.15) is 23.9 Å². The summed E-state index contributed by atoms with van der Waals surface area (Å²) < 4.78 is 11.8. The van der Waals surface area contributed by atoms with Crippen molar-refractivity contribution in [3.8, 4) is 0 Å². The van der Waals surface area contributed by atoms with Gasteiger partial charge in [-0.1, -0.05) is 18.2 Å². The average molecular weight is 289 g/mol. The maximum absolute atomic E-state index is 12.3. The number of ether oxygens (including phenoxy) is 2. The Kier molecular flexibility index (Phi) is 2.56. The summed E-state index contributed by atoms with van der Waals surface area (Å²) in [5.41, 5.74) is -0.523. The van der Waals surface area contributed by atoms with Crippen molar-refractivity contribution >= 4 is 5.91 Å². The monoisotopic (exact) mass is 289 g/mol. The third-order valence-corrected chi connectivity index (χ3v) is 5.13. The van der Waals surface area contributed by atoms with Gasteiger partial charge in [0.15, 0.2) is 0 Å². The van der Waals surface area contributed by atoms with Crippen molar-refractivity contribution in [2.45, 2.75) is 55.8 Å². The van der Waals surface area contributed by atoms with Crippen molar-refractivity contribution < 1.29 is 19.4 Å². The number of carbonyl (C=O) groups is 1. The van der Waals surface area contributed by atoms with Crippen molar-refractivity contribution in [2.24, 2.45) is 0 Å². The summed E-state index contributed by atoms with van der Waals surface area (Å²) >= 11 is 0. The van der Waals surface area contributed by atoms with E-state index in [0.717, 1.165) is 0 Å². The van der Waals surface area contributed by atoms with Gasteiger partial charge in [0.2, 0.25) is 0 Å². The fourth-order valence-corrected chi connectivity index (χ4v) is 4.07. The first kappa shape index (κ1) is 13.2. The average Bonchev–Trinajstić information content (AvgIpc) is 2.54. The number of rotatable bonds is 2. The van der Waals surface area contributed by atoms with E-state index in [2.05, 4.69) is 5.32 Å². The molecule has 6 atom stereocenters. The molecule has 3 saturated heterocycles. The zero-order valence-corrected chi connectivity index (χ0v) is 12.1. The standard InChI is InChI=1S/C16H19NO4/c1-15-8-10(17-14(19)9-6-4-3-5-7-9)12-16(2,21-15)13(20-12)11(15)18/h3-7,10-13,18H,8H2,1-2H3,(H,17,19)/t10-,11-,12?,13?,15?,16?/m1/s1. The molecule has 0 saturated carbocycles. The van der Waals surface area contributed by atoms with Gasteiger partial charge in [0, 0.05) is 12.0 Å². The summed E-state index contributed by atoms with van der Waals surface area (Å²) in [6.07, 6.45) is -0.562. The van der Waals surface area contributed by atoms with Crippen molar-refractivity contribution in [1.82, 2.24) is 5.32 Å². The molecule has 4 unspecified atom stereocenters. The highest BCUT2D eigenvalue weighted by atomic mass is 16.7. The first-order valence-corrected chi connectivity index (χ1v) is 7.34. The van der Waals surface area contributed by atoms with Crippen molar-refractivity contribution in [2.75, 3.05) is 0 Å². The zero-order valence-electron chi connectivity index (χ0n) is 12.1. The van der Waals surface area contributed by atoms with E-state index in [1.54, 1.807) is 12.1 Å². The minimum atomic E-state index is -0.652. The molecule has 2 bridgehead atoms. The second-order valence-electron chi connectivity index (χ2n) is 6.67. The second kappa shape index (κ2) is 4.06. The van der Waals surface area contributed by atoms with E-state index in [0.29, 0.717) is 12.0 Å². The fourth-order valence-electron chi connectivity index (χ4n) is 4.07. The Morgan fingerprint density at radius 3 is 2.71 bits per heavy atom. The molecule has 0 spiro atoms. The molecule has 2 N–H and O–H groups in total. The maximum atomic E-state index is 12.3. The van der Waals surface area contributed by atoms with Crippen LogP contribution in [0.2, 0.25) is 0 Å². The van der Waals surface area contributed by atoms with E-state index >= 15 is 0 Å². The Morgan fingerprint density at radius 1 is 1.29 bits per heavy atom. The quantitative estimate of drug-likeness (QED) is 0.847. The van der Waals surface area contributed by atoms with Gasteiger partial charge in [-0.05, 0) is 26.0 Å². The largest absolute Gasteiger partial charge is 0.387 e. The molecule has 3 fully saturated rings. The van der Waals surface area contributed by atoms with Gasteiger partial charge < -0.3 is 19.9 Å². The normalized spacial score (nSPS) is 46.8. The number of hydrogen-bond acceptors (Lipinski definition) is 4. The first-order valence-electron chi connectivity index (χ1n) is 7.34. The van der Waals surface area contributed by atoms with E-state index in [1.807, 2.05) is 32.0 Å². The number of hydrogen-bond donors (Lipinski definition) is 2.